The predicted molar refractivity (Wildman–Crippen MR) is 85.6 cm³/mol. The second kappa shape index (κ2) is 6.74. The first-order valence-electron chi connectivity index (χ1n) is 7.33. The van der Waals surface area contributed by atoms with E-state index in [1.54, 1.807) is 0 Å². The number of thiophene rings is 1. The third-order valence-corrected chi connectivity index (χ3v) is 4.62. The average molecular weight is 332 g/mol. The summed E-state index contributed by atoms with van der Waals surface area (Å²) in [6, 6.07) is 6.35. The van der Waals surface area contributed by atoms with Crippen molar-refractivity contribution in [3.63, 3.8) is 0 Å². The van der Waals surface area contributed by atoms with Gasteiger partial charge in [0, 0.05) is 25.2 Å². The summed E-state index contributed by atoms with van der Waals surface area (Å²) < 4.78 is 0. The van der Waals surface area contributed by atoms with Gasteiger partial charge in [0.1, 0.15) is 5.69 Å². The third-order valence-electron chi connectivity index (χ3n) is 3.76. The number of carbonyl (C=O) groups excluding carboxylic acids is 2. The van der Waals surface area contributed by atoms with E-state index in [0.29, 0.717) is 25.9 Å². The lowest BCUT2D eigenvalue weighted by atomic mass is 10.0. The van der Waals surface area contributed by atoms with Gasteiger partial charge in [-0.25, -0.2) is 5.10 Å². The van der Waals surface area contributed by atoms with Crippen LogP contribution in [0.5, 0.6) is 0 Å². The Kier molecular flexibility index (Phi) is 4.52. The fraction of sp³-hybridized carbons (Fsp3) is 0.333. The number of aromatic amines is 1. The summed E-state index contributed by atoms with van der Waals surface area (Å²) in [5.74, 6) is -0.267. The van der Waals surface area contributed by atoms with Crippen molar-refractivity contribution in [2.24, 2.45) is 0 Å². The van der Waals surface area contributed by atoms with Gasteiger partial charge in [-0.1, -0.05) is 6.07 Å². The molecule has 7 nitrogen and oxygen atoms in total. The molecule has 0 saturated carbocycles. The molecule has 3 heterocycles. The van der Waals surface area contributed by atoms with E-state index in [9.17, 15) is 14.4 Å². The van der Waals surface area contributed by atoms with E-state index in [1.165, 1.54) is 23.5 Å². The zero-order chi connectivity index (χ0) is 16.2. The molecule has 2 aromatic rings. The Morgan fingerprint density at radius 2 is 2.04 bits per heavy atom. The quantitative estimate of drug-likeness (QED) is 0.872. The highest BCUT2D eigenvalue weighted by atomic mass is 32.1. The number of amides is 2. The molecular formula is C15H16N4O3S. The zero-order valence-electron chi connectivity index (χ0n) is 12.3. The second-order valence-electron chi connectivity index (χ2n) is 5.32. The van der Waals surface area contributed by atoms with Gasteiger partial charge < -0.3 is 10.2 Å². The Bertz CT molecular complexity index is 728. The Labute approximate surface area is 136 Å². The van der Waals surface area contributed by atoms with Crippen molar-refractivity contribution in [1.29, 1.82) is 0 Å². The second-order valence-corrected chi connectivity index (χ2v) is 6.27. The van der Waals surface area contributed by atoms with E-state index in [1.807, 2.05) is 22.4 Å². The van der Waals surface area contributed by atoms with Gasteiger partial charge in [-0.15, -0.1) is 11.3 Å². The Hall–Kier alpha value is -2.48. The maximum Gasteiger partial charge on any atom is 0.271 e. The Balaban J connectivity index is 1.53. The first-order valence-corrected chi connectivity index (χ1v) is 8.21. The molecule has 2 N–H and O–H groups in total. The number of aromatic nitrogens is 2. The number of H-pyrrole nitrogens is 1. The molecule has 0 bridgehead atoms. The molecule has 0 atom stereocenters. The van der Waals surface area contributed by atoms with E-state index >= 15 is 0 Å². The Morgan fingerprint density at radius 3 is 2.65 bits per heavy atom. The summed E-state index contributed by atoms with van der Waals surface area (Å²) >= 11 is 1.44. The SMILES string of the molecule is O=C(NC1CCN(C(=O)c2cccs2)CC1)c1ccc(=O)[nH]n1. The summed E-state index contributed by atoms with van der Waals surface area (Å²) in [7, 11) is 0. The number of nitrogens with one attached hydrogen (secondary N) is 2. The molecule has 2 aromatic heterocycles. The van der Waals surface area contributed by atoms with Crippen LogP contribution in [-0.2, 0) is 0 Å². The molecule has 0 aromatic carbocycles. The van der Waals surface area contributed by atoms with Gasteiger partial charge in [-0.3, -0.25) is 14.4 Å². The number of hydrogen-bond donors (Lipinski definition) is 2. The van der Waals surface area contributed by atoms with Crippen LogP contribution in [0.25, 0.3) is 0 Å². The van der Waals surface area contributed by atoms with Crippen LogP contribution in [0, 0.1) is 0 Å². The van der Waals surface area contributed by atoms with Crippen molar-refractivity contribution < 1.29 is 9.59 Å². The summed E-state index contributed by atoms with van der Waals surface area (Å²) in [6.07, 6.45) is 1.40. The number of hydrogen-bond acceptors (Lipinski definition) is 5. The molecule has 3 rings (SSSR count). The van der Waals surface area contributed by atoms with E-state index in [0.717, 1.165) is 4.88 Å². The van der Waals surface area contributed by atoms with Gasteiger partial charge in [0.05, 0.1) is 4.88 Å². The molecule has 120 valence electrons. The molecular weight excluding hydrogens is 316 g/mol. The average Bonchev–Trinajstić information content (AvgIpc) is 3.10. The lowest BCUT2D eigenvalue weighted by molar-refractivity contribution is 0.0702. The summed E-state index contributed by atoms with van der Waals surface area (Å²) in [4.78, 5) is 37.8. The molecule has 0 unspecified atom stereocenters. The van der Waals surface area contributed by atoms with Crippen LogP contribution in [0.2, 0.25) is 0 Å². The standard InChI is InChI=1S/C15H16N4O3S/c20-13-4-3-11(17-18-13)14(21)16-10-5-7-19(8-6-10)15(22)12-2-1-9-23-12/h1-4,9-10H,5-8H2,(H,16,21)(H,18,20). The van der Waals surface area contributed by atoms with Crippen molar-refractivity contribution in [3.05, 3.63) is 50.6 Å². The highest BCUT2D eigenvalue weighted by Crippen LogP contribution is 2.17. The largest absolute Gasteiger partial charge is 0.348 e. The van der Waals surface area contributed by atoms with Crippen LogP contribution in [0.4, 0.5) is 0 Å². The van der Waals surface area contributed by atoms with Crippen LogP contribution in [-0.4, -0.2) is 46.0 Å². The predicted octanol–water partition coefficient (Wildman–Crippen LogP) is 0.866. The van der Waals surface area contributed by atoms with Gasteiger partial charge in [-0.05, 0) is 30.4 Å². The van der Waals surface area contributed by atoms with Crippen LogP contribution in [0.15, 0.2) is 34.4 Å². The minimum absolute atomic E-state index is 0.00335. The van der Waals surface area contributed by atoms with Gasteiger partial charge >= 0.3 is 0 Å². The summed E-state index contributed by atoms with van der Waals surface area (Å²) in [6.45, 7) is 1.22. The van der Waals surface area contributed by atoms with Crippen molar-refractivity contribution in [1.82, 2.24) is 20.4 Å². The number of likely N-dealkylation sites (tertiary alicyclic amines) is 1. The number of nitrogens with zero attached hydrogens (tertiary/aromatic N) is 2. The maximum atomic E-state index is 12.2. The molecule has 1 aliphatic rings. The van der Waals surface area contributed by atoms with Crippen molar-refractivity contribution >= 4 is 23.2 Å². The van der Waals surface area contributed by atoms with Crippen molar-refractivity contribution in [2.45, 2.75) is 18.9 Å². The van der Waals surface area contributed by atoms with Gasteiger partial charge in [-0.2, -0.15) is 5.10 Å². The molecule has 8 heteroatoms. The highest BCUT2D eigenvalue weighted by molar-refractivity contribution is 7.12. The lowest BCUT2D eigenvalue weighted by Crippen LogP contribution is -2.46. The lowest BCUT2D eigenvalue weighted by Gasteiger charge is -2.32. The minimum Gasteiger partial charge on any atom is -0.348 e. The van der Waals surface area contributed by atoms with E-state index in [4.69, 9.17) is 0 Å². The highest BCUT2D eigenvalue weighted by Gasteiger charge is 2.25. The van der Waals surface area contributed by atoms with Gasteiger partial charge in [0.15, 0.2) is 0 Å². The molecule has 0 spiro atoms. The van der Waals surface area contributed by atoms with Crippen molar-refractivity contribution in [3.8, 4) is 0 Å². The van der Waals surface area contributed by atoms with Crippen LogP contribution < -0.4 is 10.9 Å². The normalized spacial score (nSPS) is 15.4. The van der Waals surface area contributed by atoms with E-state index < -0.39 is 0 Å². The third kappa shape index (κ3) is 3.65. The minimum atomic E-state index is -0.345. The van der Waals surface area contributed by atoms with E-state index in [2.05, 4.69) is 15.5 Å². The van der Waals surface area contributed by atoms with Gasteiger partial charge in [0.25, 0.3) is 17.4 Å². The number of carbonyl (C=O) groups is 2. The fourth-order valence-electron chi connectivity index (χ4n) is 2.51. The molecule has 1 fully saturated rings. The first kappa shape index (κ1) is 15.4. The topological polar surface area (TPSA) is 95.2 Å². The van der Waals surface area contributed by atoms with E-state index in [-0.39, 0.29) is 29.1 Å². The molecule has 23 heavy (non-hydrogen) atoms. The first-order chi connectivity index (χ1) is 11.1. The smallest absolute Gasteiger partial charge is 0.271 e. The van der Waals surface area contributed by atoms with Gasteiger partial charge in [0.2, 0.25) is 0 Å². The van der Waals surface area contributed by atoms with Crippen molar-refractivity contribution in [2.75, 3.05) is 13.1 Å². The summed E-state index contributed by atoms with van der Waals surface area (Å²) in [5, 5.41) is 10.7. The molecule has 1 saturated heterocycles. The van der Waals surface area contributed by atoms with Crippen LogP contribution in [0.3, 0.4) is 0 Å². The summed E-state index contributed by atoms with van der Waals surface area (Å²) in [5.41, 5.74) is -0.163. The Morgan fingerprint density at radius 1 is 1.26 bits per heavy atom. The van der Waals surface area contributed by atoms with Crippen LogP contribution >= 0.6 is 11.3 Å². The zero-order valence-corrected chi connectivity index (χ0v) is 13.1. The monoisotopic (exact) mass is 332 g/mol. The maximum absolute atomic E-state index is 12.2. The molecule has 0 radical (unpaired) electrons. The molecule has 0 aliphatic carbocycles. The molecule has 1 aliphatic heterocycles. The molecule has 2 amide bonds. The number of piperidine rings is 1. The fourth-order valence-corrected chi connectivity index (χ4v) is 3.20. The van der Waals surface area contributed by atoms with Crippen LogP contribution in [0.1, 0.15) is 33.0 Å². The number of rotatable bonds is 3.